The number of aromatic nitrogens is 2. The molecule has 2 rings (SSSR count). The van der Waals surface area contributed by atoms with Gasteiger partial charge >= 0.3 is 0 Å². The third kappa shape index (κ3) is 3.63. The van der Waals surface area contributed by atoms with Crippen molar-refractivity contribution in [3.8, 4) is 5.69 Å². The van der Waals surface area contributed by atoms with Gasteiger partial charge in [-0.1, -0.05) is 25.5 Å². The molecule has 0 unspecified atom stereocenters. The van der Waals surface area contributed by atoms with Crippen LogP contribution in [0.1, 0.15) is 50.6 Å². The van der Waals surface area contributed by atoms with Gasteiger partial charge < -0.3 is 5.11 Å². The SMILES string of the molecule is CCCCc1ccc(-n2nc(C(C)(C)O)c(=O)cc2C)cc1. The van der Waals surface area contributed by atoms with E-state index < -0.39 is 5.60 Å². The average Bonchev–Trinajstić information content (AvgIpc) is 2.44. The first-order chi connectivity index (χ1) is 10.3. The summed E-state index contributed by atoms with van der Waals surface area (Å²) in [5, 5.41) is 14.5. The van der Waals surface area contributed by atoms with Crippen LogP contribution in [0.3, 0.4) is 0 Å². The molecule has 1 aromatic carbocycles. The first kappa shape index (κ1) is 16.4. The molecule has 0 radical (unpaired) electrons. The molecule has 0 saturated heterocycles. The summed E-state index contributed by atoms with van der Waals surface area (Å²) in [4.78, 5) is 12.0. The molecule has 1 N–H and O–H groups in total. The van der Waals surface area contributed by atoms with E-state index in [9.17, 15) is 9.90 Å². The Morgan fingerprint density at radius 2 is 1.86 bits per heavy atom. The van der Waals surface area contributed by atoms with Crippen molar-refractivity contribution < 1.29 is 5.11 Å². The van der Waals surface area contributed by atoms with E-state index in [-0.39, 0.29) is 11.1 Å². The van der Waals surface area contributed by atoms with E-state index in [2.05, 4.69) is 24.2 Å². The zero-order valence-corrected chi connectivity index (χ0v) is 13.8. The van der Waals surface area contributed by atoms with Gasteiger partial charge in [-0.2, -0.15) is 5.10 Å². The van der Waals surface area contributed by atoms with Crippen molar-refractivity contribution >= 4 is 0 Å². The molecule has 4 nitrogen and oxygen atoms in total. The predicted octanol–water partition coefficient (Wildman–Crippen LogP) is 3.11. The van der Waals surface area contributed by atoms with Crippen LogP contribution in [0.15, 0.2) is 35.1 Å². The number of nitrogens with zero attached hydrogens (tertiary/aromatic N) is 2. The Balaban J connectivity index is 2.42. The highest BCUT2D eigenvalue weighted by atomic mass is 16.3. The molecule has 0 spiro atoms. The van der Waals surface area contributed by atoms with Gasteiger partial charge in [-0.05, 0) is 51.3 Å². The number of hydrogen-bond donors (Lipinski definition) is 1. The maximum absolute atomic E-state index is 12.0. The van der Waals surface area contributed by atoms with Gasteiger partial charge in [0.2, 0.25) is 5.43 Å². The number of aryl methyl sites for hydroxylation is 2. The topological polar surface area (TPSA) is 55.1 Å². The van der Waals surface area contributed by atoms with Crippen LogP contribution in [0.25, 0.3) is 5.69 Å². The maximum atomic E-state index is 12.0. The van der Waals surface area contributed by atoms with Crippen molar-refractivity contribution in [2.24, 2.45) is 0 Å². The van der Waals surface area contributed by atoms with Gasteiger partial charge in [-0.15, -0.1) is 0 Å². The van der Waals surface area contributed by atoms with Crippen LogP contribution in [0.5, 0.6) is 0 Å². The van der Waals surface area contributed by atoms with Crippen LogP contribution < -0.4 is 5.43 Å². The summed E-state index contributed by atoms with van der Waals surface area (Å²) in [5.41, 5.74) is 1.61. The van der Waals surface area contributed by atoms with Crippen molar-refractivity contribution in [2.45, 2.75) is 52.6 Å². The molecule has 0 aliphatic carbocycles. The smallest absolute Gasteiger partial charge is 0.206 e. The monoisotopic (exact) mass is 300 g/mol. The number of rotatable bonds is 5. The molecule has 1 heterocycles. The Morgan fingerprint density at radius 1 is 1.23 bits per heavy atom. The Hall–Kier alpha value is -1.94. The zero-order valence-electron chi connectivity index (χ0n) is 13.8. The van der Waals surface area contributed by atoms with Gasteiger partial charge in [0.15, 0.2) is 0 Å². The minimum Gasteiger partial charge on any atom is -0.384 e. The molecule has 118 valence electrons. The van der Waals surface area contributed by atoms with Gasteiger partial charge in [0, 0.05) is 11.8 Å². The molecule has 0 atom stereocenters. The van der Waals surface area contributed by atoms with Crippen LogP contribution in [0.2, 0.25) is 0 Å². The van der Waals surface area contributed by atoms with Crippen molar-refractivity contribution in [1.29, 1.82) is 0 Å². The van der Waals surface area contributed by atoms with Gasteiger partial charge in [0.1, 0.15) is 11.3 Å². The highest BCUT2D eigenvalue weighted by Crippen LogP contribution is 2.16. The molecule has 22 heavy (non-hydrogen) atoms. The molecule has 0 aliphatic rings. The minimum atomic E-state index is -1.26. The molecule has 0 aliphatic heterocycles. The first-order valence-corrected chi connectivity index (χ1v) is 7.76. The van der Waals surface area contributed by atoms with Crippen molar-refractivity contribution in [3.63, 3.8) is 0 Å². The Kier molecular flexibility index (Phi) is 4.81. The van der Waals surface area contributed by atoms with Crippen LogP contribution >= 0.6 is 0 Å². The summed E-state index contributed by atoms with van der Waals surface area (Å²) in [6.07, 6.45) is 3.43. The predicted molar refractivity (Wildman–Crippen MR) is 88.4 cm³/mol. The Bertz CT molecular complexity index is 695. The van der Waals surface area contributed by atoms with E-state index in [0.717, 1.165) is 17.8 Å². The first-order valence-electron chi connectivity index (χ1n) is 7.76. The number of hydrogen-bond acceptors (Lipinski definition) is 3. The second-order valence-corrected chi connectivity index (χ2v) is 6.24. The summed E-state index contributed by atoms with van der Waals surface area (Å²) in [7, 11) is 0. The van der Waals surface area contributed by atoms with Crippen molar-refractivity contribution in [3.05, 3.63) is 57.5 Å². The lowest BCUT2D eigenvalue weighted by Crippen LogP contribution is -2.30. The van der Waals surface area contributed by atoms with Crippen molar-refractivity contribution in [2.75, 3.05) is 0 Å². The maximum Gasteiger partial charge on any atom is 0.206 e. The summed E-state index contributed by atoms with van der Waals surface area (Å²) < 4.78 is 1.71. The molecule has 4 heteroatoms. The standard InChI is InChI=1S/C18H24N2O2/c1-5-6-7-14-8-10-15(11-9-14)20-13(2)12-16(21)17(19-20)18(3,4)22/h8-12,22H,5-7H2,1-4H3. The van der Waals surface area contributed by atoms with Gasteiger partial charge in [0.25, 0.3) is 0 Å². The summed E-state index contributed by atoms with van der Waals surface area (Å²) in [6.45, 7) is 7.17. The van der Waals surface area contributed by atoms with Gasteiger partial charge in [0.05, 0.1) is 5.69 Å². The highest BCUT2D eigenvalue weighted by Gasteiger charge is 2.23. The minimum absolute atomic E-state index is 0.160. The summed E-state index contributed by atoms with van der Waals surface area (Å²) in [5.74, 6) is 0. The Morgan fingerprint density at radius 3 is 2.41 bits per heavy atom. The fraction of sp³-hybridized carbons (Fsp3) is 0.444. The number of aliphatic hydroxyl groups is 1. The third-order valence-electron chi connectivity index (χ3n) is 3.69. The largest absolute Gasteiger partial charge is 0.384 e. The van der Waals surface area contributed by atoms with E-state index in [1.165, 1.54) is 24.5 Å². The third-order valence-corrected chi connectivity index (χ3v) is 3.69. The van der Waals surface area contributed by atoms with Crippen LogP contribution in [-0.2, 0) is 12.0 Å². The molecule has 1 aromatic heterocycles. The van der Waals surface area contributed by atoms with E-state index in [0.29, 0.717) is 0 Å². The van der Waals surface area contributed by atoms with Crippen LogP contribution in [-0.4, -0.2) is 14.9 Å². The van der Waals surface area contributed by atoms with Crippen molar-refractivity contribution in [1.82, 2.24) is 9.78 Å². The highest BCUT2D eigenvalue weighted by molar-refractivity contribution is 5.35. The lowest BCUT2D eigenvalue weighted by Gasteiger charge is -2.18. The second-order valence-electron chi connectivity index (χ2n) is 6.24. The lowest BCUT2D eigenvalue weighted by molar-refractivity contribution is 0.0709. The summed E-state index contributed by atoms with van der Waals surface area (Å²) >= 11 is 0. The summed E-state index contributed by atoms with van der Waals surface area (Å²) in [6, 6.07) is 9.71. The lowest BCUT2D eigenvalue weighted by atomic mass is 10.0. The number of benzene rings is 1. The van der Waals surface area contributed by atoms with E-state index in [1.54, 1.807) is 18.5 Å². The molecular weight excluding hydrogens is 276 g/mol. The average molecular weight is 300 g/mol. The van der Waals surface area contributed by atoms with E-state index in [4.69, 9.17) is 0 Å². The molecule has 0 amide bonds. The zero-order chi connectivity index (χ0) is 16.3. The normalized spacial score (nSPS) is 11.7. The molecule has 0 bridgehead atoms. The van der Waals surface area contributed by atoms with E-state index in [1.807, 2.05) is 19.1 Å². The van der Waals surface area contributed by atoms with Gasteiger partial charge in [-0.25, -0.2) is 4.68 Å². The van der Waals surface area contributed by atoms with E-state index >= 15 is 0 Å². The Labute approximate surface area is 131 Å². The quantitative estimate of drug-likeness (QED) is 0.923. The second kappa shape index (κ2) is 6.44. The number of unbranched alkanes of at least 4 members (excludes halogenated alkanes) is 1. The molecule has 0 fully saturated rings. The molecule has 0 saturated carbocycles. The molecule has 2 aromatic rings. The fourth-order valence-electron chi connectivity index (χ4n) is 2.42. The van der Waals surface area contributed by atoms with Crippen LogP contribution in [0.4, 0.5) is 0 Å². The fourth-order valence-corrected chi connectivity index (χ4v) is 2.42. The van der Waals surface area contributed by atoms with Crippen LogP contribution in [0, 0.1) is 6.92 Å². The molecular formula is C18H24N2O2. The van der Waals surface area contributed by atoms with Gasteiger partial charge in [-0.3, -0.25) is 4.79 Å².